The summed E-state index contributed by atoms with van der Waals surface area (Å²) in [6.07, 6.45) is 0. The zero-order valence-corrected chi connectivity index (χ0v) is 13.8. The van der Waals surface area contributed by atoms with Crippen molar-refractivity contribution in [1.82, 2.24) is 10.2 Å². The molecule has 0 unspecified atom stereocenters. The molecule has 0 saturated carbocycles. The smallest absolute Gasteiger partial charge is 0.813 e. The Morgan fingerprint density at radius 3 is 1.27 bits per heavy atom. The van der Waals surface area contributed by atoms with E-state index in [-0.39, 0.29) is 66.7 Å². The summed E-state index contributed by atoms with van der Waals surface area (Å²) in [6.45, 7) is 0. The van der Waals surface area contributed by atoms with Gasteiger partial charge in [-0.2, -0.15) is 0 Å². The molecule has 9 heteroatoms. The van der Waals surface area contributed by atoms with Crippen LogP contribution in [0.3, 0.4) is 0 Å². The van der Waals surface area contributed by atoms with Gasteiger partial charge in [-0.3, -0.25) is 0 Å². The molecule has 64 valence electrons. The van der Waals surface area contributed by atoms with Gasteiger partial charge in [-0.25, -0.2) is 0 Å². The van der Waals surface area contributed by atoms with Crippen LogP contribution < -0.4 is 0 Å². The maximum Gasteiger partial charge on any atom is 3.00 e. The maximum atomic E-state index is 3.90. The molecule has 0 aliphatic carbocycles. The summed E-state index contributed by atoms with van der Waals surface area (Å²) in [5.41, 5.74) is 0. The molecule has 0 aliphatic heterocycles. The molecule has 11 heavy (non-hydrogen) atoms. The third-order valence-corrected chi connectivity index (χ3v) is 1.66. The van der Waals surface area contributed by atoms with E-state index in [4.69, 9.17) is 0 Å². The second kappa shape index (κ2) is 12.2. The Labute approximate surface area is 121 Å². The van der Waals surface area contributed by atoms with Crippen molar-refractivity contribution in [3.63, 3.8) is 0 Å². The SMILES string of the molecule is Sc1nnc(S)s1.[Bi+3].[SH-].[SH-].[SH-]. The standard InChI is InChI=1S/C2H2N2S3.Bi.3H2S/c5-1-3-4-2(6)7-1;;;;/h(H,3,5)(H,4,6);;3*1H2/q;+3;;;/p-3. The predicted octanol–water partition coefficient (Wildman–Crippen LogP) is -0.0756. The van der Waals surface area contributed by atoms with Crippen molar-refractivity contribution in [2.24, 2.45) is 0 Å². The van der Waals surface area contributed by atoms with Gasteiger partial charge in [0.2, 0.25) is 0 Å². The Morgan fingerprint density at radius 2 is 1.18 bits per heavy atom. The van der Waals surface area contributed by atoms with Crippen LogP contribution in [0.25, 0.3) is 0 Å². The first-order valence-electron chi connectivity index (χ1n) is 1.50. The van der Waals surface area contributed by atoms with Gasteiger partial charge >= 0.3 is 26.2 Å². The summed E-state index contributed by atoms with van der Waals surface area (Å²) in [4.78, 5) is 0. The van der Waals surface area contributed by atoms with Crippen molar-refractivity contribution in [2.75, 3.05) is 0 Å². The average Bonchev–Trinajstić information content (AvgIpc) is 1.87. The minimum Gasteiger partial charge on any atom is -0.813 e. The van der Waals surface area contributed by atoms with E-state index in [2.05, 4.69) is 35.5 Å². The monoisotopic (exact) mass is 458 g/mol. The third kappa shape index (κ3) is 10.1. The summed E-state index contributed by atoms with van der Waals surface area (Å²) in [7, 11) is 0. The molecule has 0 bridgehead atoms. The molecule has 0 atom stereocenters. The van der Waals surface area contributed by atoms with E-state index in [1.54, 1.807) is 0 Å². The van der Waals surface area contributed by atoms with Gasteiger partial charge in [-0.05, 0) is 0 Å². The van der Waals surface area contributed by atoms with E-state index in [0.717, 1.165) is 0 Å². The zero-order chi connectivity index (χ0) is 5.28. The Bertz CT molecular complexity index is 151. The molecule has 0 aliphatic rings. The van der Waals surface area contributed by atoms with Crippen LogP contribution in [-0.4, -0.2) is 36.4 Å². The van der Waals surface area contributed by atoms with Crippen LogP contribution in [0, 0.1) is 0 Å². The van der Waals surface area contributed by atoms with Crippen LogP contribution in [-0.2, 0) is 40.5 Å². The quantitative estimate of drug-likeness (QED) is 0.322. The van der Waals surface area contributed by atoms with Crippen molar-refractivity contribution in [1.29, 1.82) is 0 Å². The van der Waals surface area contributed by atoms with Crippen LogP contribution >= 0.6 is 36.6 Å². The number of aromatic nitrogens is 2. The van der Waals surface area contributed by atoms with Crippen LogP contribution in [0.15, 0.2) is 8.68 Å². The largest absolute Gasteiger partial charge is 3.00 e. The molecular weight excluding hydrogens is 453 g/mol. The maximum absolute atomic E-state index is 3.90. The Balaban J connectivity index is -0.0000000612. The summed E-state index contributed by atoms with van der Waals surface area (Å²) < 4.78 is 1.31. The van der Waals surface area contributed by atoms with E-state index < -0.39 is 0 Å². The molecule has 0 N–H and O–H groups in total. The van der Waals surface area contributed by atoms with Gasteiger partial charge in [0.25, 0.3) is 0 Å². The predicted molar refractivity (Wildman–Crippen MR) is 66.4 cm³/mol. The van der Waals surface area contributed by atoms with E-state index in [1.807, 2.05) is 0 Å². The van der Waals surface area contributed by atoms with Gasteiger partial charge in [-0.15, -0.1) is 35.5 Å². The number of thiol groups is 5. The molecule has 1 aromatic heterocycles. The number of hydrogen-bond acceptors (Lipinski definition) is 8. The first-order valence-corrected chi connectivity index (χ1v) is 3.21. The van der Waals surface area contributed by atoms with Crippen molar-refractivity contribution >= 4 is 103 Å². The molecule has 0 amide bonds. The van der Waals surface area contributed by atoms with Crippen molar-refractivity contribution in [3.8, 4) is 0 Å². The van der Waals surface area contributed by atoms with Crippen LogP contribution in [0.5, 0.6) is 0 Å². The number of hydrogen-bond donors (Lipinski definition) is 2. The fourth-order valence-corrected chi connectivity index (χ4v) is 1.36. The first-order chi connectivity index (χ1) is 3.29. The normalized spacial score (nSPS) is 6.00. The van der Waals surface area contributed by atoms with Crippen LogP contribution in [0.2, 0.25) is 0 Å². The van der Waals surface area contributed by atoms with Crippen LogP contribution in [0.1, 0.15) is 0 Å². The first kappa shape index (κ1) is 23.2. The van der Waals surface area contributed by atoms with Gasteiger partial charge in [-0.1, -0.05) is 11.3 Å². The minimum absolute atomic E-state index is 0. The number of nitrogens with zero attached hydrogens (tertiary/aromatic N) is 2. The Hall–Kier alpha value is 2.19. The van der Waals surface area contributed by atoms with Gasteiger partial charge in [0.05, 0.1) is 0 Å². The summed E-state index contributed by atoms with van der Waals surface area (Å²) >= 11 is 9.15. The van der Waals surface area contributed by atoms with Crippen LogP contribution in [0.4, 0.5) is 0 Å². The van der Waals surface area contributed by atoms with Crippen molar-refractivity contribution < 1.29 is 0 Å². The van der Waals surface area contributed by atoms with Crippen molar-refractivity contribution in [3.05, 3.63) is 0 Å². The summed E-state index contributed by atoms with van der Waals surface area (Å²) in [6, 6.07) is 0. The molecular formula is C2H5BiN2S6. The van der Waals surface area contributed by atoms with Gasteiger partial charge in [0.1, 0.15) is 0 Å². The minimum atomic E-state index is 0. The summed E-state index contributed by atoms with van der Waals surface area (Å²) in [5, 5.41) is 7.15. The fourth-order valence-electron chi connectivity index (χ4n) is 0.208. The Kier molecular flexibility index (Phi) is 25.7. The van der Waals surface area contributed by atoms with Crippen molar-refractivity contribution in [2.45, 2.75) is 8.68 Å². The topological polar surface area (TPSA) is 25.8 Å². The molecule has 0 aromatic carbocycles. The Morgan fingerprint density at radius 1 is 0.909 bits per heavy atom. The fraction of sp³-hybridized carbons (Fsp3) is 0. The van der Waals surface area contributed by atoms with E-state index in [9.17, 15) is 0 Å². The molecule has 0 fully saturated rings. The van der Waals surface area contributed by atoms with Gasteiger partial charge in [0, 0.05) is 0 Å². The molecule has 1 aromatic rings. The average molecular weight is 458 g/mol. The second-order valence-corrected chi connectivity index (χ2v) is 3.30. The number of rotatable bonds is 0. The third-order valence-electron chi connectivity index (χ3n) is 0.404. The second-order valence-electron chi connectivity index (χ2n) is 0.867. The van der Waals surface area contributed by atoms with E-state index in [0.29, 0.717) is 8.68 Å². The zero-order valence-electron chi connectivity index (χ0n) is 4.99. The van der Waals surface area contributed by atoms with Gasteiger partial charge < -0.3 is 40.5 Å². The summed E-state index contributed by atoms with van der Waals surface area (Å²) in [5.74, 6) is 0. The molecule has 0 saturated heterocycles. The molecule has 2 radical (unpaired) electrons. The molecule has 0 spiro atoms. The van der Waals surface area contributed by atoms with E-state index >= 15 is 0 Å². The molecule has 1 heterocycles. The molecule has 1 rings (SSSR count). The van der Waals surface area contributed by atoms with Gasteiger partial charge in [0.15, 0.2) is 8.68 Å². The van der Waals surface area contributed by atoms with E-state index in [1.165, 1.54) is 11.3 Å². The molecule has 2 nitrogen and oxygen atoms in total.